The maximum absolute atomic E-state index is 13.6. The Labute approximate surface area is 224 Å². The number of rotatable bonds is 4. The molecule has 5 rings (SSSR count). The monoisotopic (exact) mass is 543 g/mol. The summed E-state index contributed by atoms with van der Waals surface area (Å²) in [7, 11) is 0. The summed E-state index contributed by atoms with van der Waals surface area (Å²) in [6, 6.07) is 13.1. The van der Waals surface area contributed by atoms with Crippen molar-refractivity contribution in [2.45, 2.75) is 32.4 Å². The number of hydrogen-bond donors (Lipinski definition) is 2. The molecule has 2 unspecified atom stereocenters. The molecule has 10 heteroatoms. The average Bonchev–Trinajstić information content (AvgIpc) is 3.33. The second kappa shape index (κ2) is 9.32. The molecule has 0 aromatic heterocycles. The molecule has 0 bridgehead atoms. The fraction of sp³-hybridized carbons (Fsp3) is 0.346. The van der Waals surface area contributed by atoms with Crippen LogP contribution in [0.3, 0.4) is 0 Å². The summed E-state index contributed by atoms with van der Waals surface area (Å²) in [6.07, 6.45) is 0. The number of amides is 2. The lowest BCUT2D eigenvalue weighted by Crippen LogP contribution is -2.50. The molecule has 3 N–H and O–H groups in total. The molecule has 0 aliphatic carbocycles. The Morgan fingerprint density at radius 3 is 2.58 bits per heavy atom. The Morgan fingerprint density at radius 2 is 1.94 bits per heavy atom. The number of halogens is 2. The molecule has 3 aliphatic heterocycles. The third-order valence-electron chi connectivity index (χ3n) is 6.84. The van der Waals surface area contributed by atoms with Crippen molar-refractivity contribution in [3.05, 3.63) is 74.2 Å². The number of aliphatic imine (C=N–C) groups is 1. The zero-order valence-corrected chi connectivity index (χ0v) is 22.5. The van der Waals surface area contributed by atoms with Gasteiger partial charge in [0.25, 0.3) is 5.91 Å². The van der Waals surface area contributed by atoms with Crippen molar-refractivity contribution in [3.8, 4) is 0 Å². The van der Waals surface area contributed by atoms with Crippen molar-refractivity contribution < 1.29 is 9.59 Å². The van der Waals surface area contributed by atoms with Gasteiger partial charge in [-0.05, 0) is 60.0 Å². The van der Waals surface area contributed by atoms with E-state index < -0.39 is 5.54 Å². The lowest BCUT2D eigenvalue weighted by Gasteiger charge is -2.37. The molecule has 188 valence electrons. The van der Waals surface area contributed by atoms with Crippen LogP contribution in [0.4, 0.5) is 5.69 Å². The van der Waals surface area contributed by atoms with Crippen LogP contribution in [0.15, 0.2) is 58.1 Å². The maximum atomic E-state index is 13.6. The highest BCUT2D eigenvalue weighted by atomic mass is 35.5. The van der Waals surface area contributed by atoms with Crippen molar-refractivity contribution >= 4 is 57.6 Å². The number of benzene rings is 2. The molecule has 2 aromatic rings. The quantitative estimate of drug-likeness (QED) is 0.541. The third-order valence-corrected chi connectivity index (χ3v) is 8.50. The van der Waals surface area contributed by atoms with Gasteiger partial charge < -0.3 is 20.9 Å². The van der Waals surface area contributed by atoms with Crippen LogP contribution in [0.5, 0.6) is 0 Å². The molecule has 7 nitrogen and oxygen atoms in total. The van der Waals surface area contributed by atoms with Crippen molar-refractivity contribution in [2.24, 2.45) is 10.9 Å². The van der Waals surface area contributed by atoms with E-state index in [4.69, 9.17) is 33.9 Å². The van der Waals surface area contributed by atoms with Gasteiger partial charge in [-0.15, -0.1) is 0 Å². The van der Waals surface area contributed by atoms with E-state index in [1.165, 1.54) is 11.8 Å². The fourth-order valence-electron chi connectivity index (χ4n) is 5.09. The molecule has 0 radical (unpaired) electrons. The van der Waals surface area contributed by atoms with Gasteiger partial charge in [-0.2, -0.15) is 0 Å². The van der Waals surface area contributed by atoms with E-state index in [1.807, 2.05) is 36.4 Å². The summed E-state index contributed by atoms with van der Waals surface area (Å²) in [5.74, 6) is -0.243. The lowest BCUT2D eigenvalue weighted by molar-refractivity contribution is -0.135. The molecule has 0 spiro atoms. The summed E-state index contributed by atoms with van der Waals surface area (Å²) in [5.41, 5.74) is 8.82. The Kier molecular flexibility index (Phi) is 6.47. The van der Waals surface area contributed by atoms with Gasteiger partial charge in [0, 0.05) is 23.8 Å². The highest BCUT2D eigenvalue weighted by Gasteiger charge is 2.53. The third kappa shape index (κ3) is 4.15. The zero-order chi connectivity index (χ0) is 25.8. The first-order chi connectivity index (χ1) is 17.1. The number of amidine groups is 1. The fourth-order valence-corrected chi connectivity index (χ4v) is 6.71. The highest BCUT2D eigenvalue weighted by molar-refractivity contribution is 8.18. The molecule has 1 saturated heterocycles. The minimum Gasteiger partial charge on any atom is -0.398 e. The summed E-state index contributed by atoms with van der Waals surface area (Å²) in [5, 5.41) is 4.67. The second-order valence-corrected chi connectivity index (χ2v) is 11.5. The number of carbonyl (C=O) groups is 2. The molecule has 3 aliphatic rings. The van der Waals surface area contributed by atoms with Crippen LogP contribution in [-0.4, -0.2) is 46.4 Å². The molecule has 1 fully saturated rings. The Balaban J connectivity index is 1.64. The lowest BCUT2D eigenvalue weighted by atomic mass is 9.81. The van der Waals surface area contributed by atoms with Crippen LogP contribution in [0.25, 0.3) is 0 Å². The largest absolute Gasteiger partial charge is 0.398 e. The Bertz CT molecular complexity index is 1310. The van der Waals surface area contributed by atoms with Crippen LogP contribution in [-0.2, 0) is 15.1 Å². The van der Waals surface area contributed by atoms with Gasteiger partial charge in [0.05, 0.1) is 23.3 Å². The van der Waals surface area contributed by atoms with Crippen LogP contribution >= 0.6 is 35.0 Å². The number of fused-ring (bicyclic) bond motifs is 1. The number of allylic oxidation sites excluding steroid dienone is 1. The summed E-state index contributed by atoms with van der Waals surface area (Å²) in [4.78, 5) is 35.2. The number of anilines is 1. The number of carbonyl (C=O) groups excluding carboxylic acids is 2. The molecule has 2 aromatic carbocycles. The van der Waals surface area contributed by atoms with Gasteiger partial charge >= 0.3 is 0 Å². The van der Waals surface area contributed by atoms with Crippen molar-refractivity contribution in [1.29, 1.82) is 0 Å². The topological polar surface area (TPSA) is 91.0 Å². The van der Waals surface area contributed by atoms with E-state index in [2.05, 4.69) is 31.0 Å². The number of nitrogens with two attached hydrogens (primary N) is 1. The van der Waals surface area contributed by atoms with Crippen molar-refractivity contribution in [2.75, 3.05) is 25.4 Å². The molecular weight excluding hydrogens is 517 g/mol. The minimum atomic E-state index is -0.700. The van der Waals surface area contributed by atoms with E-state index >= 15 is 0 Å². The van der Waals surface area contributed by atoms with Gasteiger partial charge in [-0.1, -0.05) is 55.2 Å². The van der Waals surface area contributed by atoms with Gasteiger partial charge in [-0.3, -0.25) is 9.59 Å². The van der Waals surface area contributed by atoms with Gasteiger partial charge in [0.15, 0.2) is 5.17 Å². The first-order valence-electron chi connectivity index (χ1n) is 11.8. The van der Waals surface area contributed by atoms with Gasteiger partial charge in [-0.25, -0.2) is 4.99 Å². The SMILES string of the molecule is CC(C)C1=C(C(=O)N2CCNC(=O)C2)SC2=NC(C)(c3ccc(Cl)c(N)c3)C(c3ccc(Cl)cc3)N21. The Morgan fingerprint density at radius 1 is 1.22 bits per heavy atom. The van der Waals surface area contributed by atoms with Crippen molar-refractivity contribution in [1.82, 2.24) is 15.1 Å². The van der Waals surface area contributed by atoms with E-state index in [0.29, 0.717) is 33.7 Å². The van der Waals surface area contributed by atoms with E-state index in [1.54, 1.807) is 11.0 Å². The number of nitrogen functional groups attached to an aromatic ring is 1. The molecule has 2 amide bonds. The molecule has 0 saturated carbocycles. The highest BCUT2D eigenvalue weighted by Crippen LogP contribution is 2.56. The summed E-state index contributed by atoms with van der Waals surface area (Å²) >= 11 is 13.8. The van der Waals surface area contributed by atoms with Gasteiger partial charge in [0.2, 0.25) is 5.91 Å². The molecular formula is C26H27Cl2N5O2S. The standard InChI is InChI=1S/C26H27Cl2N5O2S/c1-14(2)21-22(24(35)32-11-10-30-20(34)13-32)36-25-31-26(3,16-6-9-18(28)19(29)12-16)23(33(21)25)15-4-7-17(27)8-5-15/h4-9,12,14,23H,10-11,13,29H2,1-3H3,(H,30,34). The van der Waals surface area contributed by atoms with Crippen LogP contribution in [0, 0.1) is 5.92 Å². The molecule has 36 heavy (non-hydrogen) atoms. The predicted molar refractivity (Wildman–Crippen MR) is 146 cm³/mol. The van der Waals surface area contributed by atoms with E-state index in [9.17, 15) is 9.59 Å². The maximum Gasteiger partial charge on any atom is 0.263 e. The second-order valence-electron chi connectivity index (χ2n) is 9.65. The number of hydrogen-bond acceptors (Lipinski definition) is 6. The molecule has 3 heterocycles. The van der Waals surface area contributed by atoms with Crippen molar-refractivity contribution in [3.63, 3.8) is 0 Å². The van der Waals surface area contributed by atoms with Crippen LogP contribution < -0.4 is 11.1 Å². The normalized spacial score (nSPS) is 23.8. The first-order valence-corrected chi connectivity index (χ1v) is 13.4. The average molecular weight is 545 g/mol. The first kappa shape index (κ1) is 25.0. The number of nitrogens with one attached hydrogen (secondary N) is 1. The van der Waals surface area contributed by atoms with E-state index in [0.717, 1.165) is 22.0 Å². The van der Waals surface area contributed by atoms with E-state index in [-0.39, 0.29) is 30.3 Å². The summed E-state index contributed by atoms with van der Waals surface area (Å²) < 4.78 is 0. The number of piperazine rings is 1. The van der Waals surface area contributed by atoms with Gasteiger partial charge in [0.1, 0.15) is 10.4 Å². The van der Waals surface area contributed by atoms with Crippen LogP contribution in [0.1, 0.15) is 37.9 Å². The summed E-state index contributed by atoms with van der Waals surface area (Å²) in [6.45, 7) is 7.22. The number of nitrogens with zero attached hydrogens (tertiary/aromatic N) is 3. The zero-order valence-electron chi connectivity index (χ0n) is 20.2. The predicted octanol–water partition coefficient (Wildman–Crippen LogP) is 4.78. The van der Waals surface area contributed by atoms with Crippen LogP contribution in [0.2, 0.25) is 10.0 Å². The minimum absolute atomic E-state index is 0.0372. The number of thioether (sulfide) groups is 1. The molecule has 2 atom stereocenters. The Hall–Kier alpha value is -2.68. The smallest absolute Gasteiger partial charge is 0.263 e.